The lowest BCUT2D eigenvalue weighted by Crippen LogP contribution is -2.49. The summed E-state index contributed by atoms with van der Waals surface area (Å²) in [4.78, 5) is 23.2. The van der Waals surface area contributed by atoms with Crippen LogP contribution in [0.25, 0.3) is 5.95 Å². The van der Waals surface area contributed by atoms with Crippen LogP contribution in [0.3, 0.4) is 0 Å². The first kappa shape index (κ1) is 16.4. The lowest BCUT2D eigenvalue weighted by Gasteiger charge is -2.35. The van der Waals surface area contributed by atoms with Gasteiger partial charge in [0, 0.05) is 43.9 Å². The first-order chi connectivity index (χ1) is 12.7. The van der Waals surface area contributed by atoms with Crippen molar-refractivity contribution in [3.05, 3.63) is 78.1 Å². The van der Waals surface area contributed by atoms with Crippen molar-refractivity contribution in [3.63, 3.8) is 0 Å². The van der Waals surface area contributed by atoms with E-state index in [2.05, 4.69) is 20.2 Å². The van der Waals surface area contributed by atoms with Crippen LogP contribution in [0.1, 0.15) is 17.3 Å². The SMILES string of the molecule is O=C1NCCN(Cc2cccn2-c2ncccn2)C1c1ccc(F)cc1. The molecule has 1 unspecified atom stereocenters. The van der Waals surface area contributed by atoms with Crippen LogP contribution in [0.5, 0.6) is 0 Å². The summed E-state index contributed by atoms with van der Waals surface area (Å²) in [7, 11) is 0. The highest BCUT2D eigenvalue weighted by molar-refractivity contribution is 5.83. The lowest BCUT2D eigenvalue weighted by molar-refractivity contribution is -0.129. The zero-order valence-corrected chi connectivity index (χ0v) is 14.0. The van der Waals surface area contributed by atoms with Crippen LogP contribution in [0, 0.1) is 5.82 Å². The molecule has 2 aromatic heterocycles. The van der Waals surface area contributed by atoms with E-state index in [0.29, 0.717) is 25.6 Å². The number of hydrogen-bond donors (Lipinski definition) is 1. The molecule has 0 radical (unpaired) electrons. The predicted molar refractivity (Wildman–Crippen MR) is 93.9 cm³/mol. The standard InChI is InChI=1S/C19H18FN5O/c20-15-6-4-14(5-7-15)17-18(26)21-10-12-24(17)13-16-3-1-11-25(16)19-22-8-2-9-23-19/h1-9,11,17H,10,12-13H2,(H,21,26). The smallest absolute Gasteiger partial charge is 0.242 e. The van der Waals surface area contributed by atoms with Gasteiger partial charge in [0.1, 0.15) is 11.9 Å². The van der Waals surface area contributed by atoms with E-state index < -0.39 is 6.04 Å². The van der Waals surface area contributed by atoms with E-state index in [4.69, 9.17) is 0 Å². The maximum Gasteiger partial charge on any atom is 0.242 e. The molecule has 1 amide bonds. The number of carbonyl (C=O) groups is 1. The van der Waals surface area contributed by atoms with Gasteiger partial charge in [0.2, 0.25) is 11.9 Å². The Labute approximate surface area is 150 Å². The van der Waals surface area contributed by atoms with E-state index in [1.807, 2.05) is 22.9 Å². The normalized spacial score (nSPS) is 17.9. The van der Waals surface area contributed by atoms with Crippen molar-refractivity contribution in [3.8, 4) is 5.95 Å². The Morgan fingerprint density at radius 1 is 1.12 bits per heavy atom. The third-order valence-corrected chi connectivity index (χ3v) is 4.46. The minimum Gasteiger partial charge on any atom is -0.353 e. The number of hydrogen-bond acceptors (Lipinski definition) is 4. The summed E-state index contributed by atoms with van der Waals surface area (Å²) in [6.45, 7) is 1.84. The fourth-order valence-corrected chi connectivity index (χ4v) is 3.26. The molecule has 0 spiro atoms. The Bertz CT molecular complexity index is 894. The number of carbonyl (C=O) groups excluding carboxylic acids is 1. The van der Waals surface area contributed by atoms with Gasteiger partial charge in [-0.2, -0.15) is 0 Å². The molecule has 4 rings (SSSR count). The number of aromatic nitrogens is 3. The van der Waals surface area contributed by atoms with Gasteiger partial charge in [0.15, 0.2) is 0 Å². The highest BCUT2D eigenvalue weighted by atomic mass is 19.1. The van der Waals surface area contributed by atoms with E-state index in [1.54, 1.807) is 30.6 Å². The average Bonchev–Trinajstić information content (AvgIpc) is 3.12. The van der Waals surface area contributed by atoms with Gasteiger partial charge in [-0.25, -0.2) is 14.4 Å². The van der Waals surface area contributed by atoms with Gasteiger partial charge < -0.3 is 5.32 Å². The Morgan fingerprint density at radius 2 is 1.88 bits per heavy atom. The van der Waals surface area contributed by atoms with E-state index in [1.165, 1.54) is 12.1 Å². The van der Waals surface area contributed by atoms with Gasteiger partial charge >= 0.3 is 0 Å². The summed E-state index contributed by atoms with van der Waals surface area (Å²) < 4.78 is 15.2. The molecule has 0 bridgehead atoms. The molecule has 1 aliphatic rings. The van der Waals surface area contributed by atoms with E-state index in [9.17, 15) is 9.18 Å². The molecule has 0 aliphatic carbocycles. The van der Waals surface area contributed by atoms with E-state index in [-0.39, 0.29) is 11.7 Å². The first-order valence-electron chi connectivity index (χ1n) is 8.43. The quantitative estimate of drug-likeness (QED) is 0.782. The van der Waals surface area contributed by atoms with E-state index in [0.717, 1.165) is 11.3 Å². The summed E-state index contributed by atoms with van der Waals surface area (Å²) in [5.41, 5.74) is 1.76. The van der Waals surface area contributed by atoms with Crippen molar-refractivity contribution < 1.29 is 9.18 Å². The second kappa shape index (κ2) is 7.05. The Hall–Kier alpha value is -3.06. The molecule has 6 nitrogen and oxygen atoms in total. The van der Waals surface area contributed by atoms with Crippen molar-refractivity contribution in [1.82, 2.24) is 24.8 Å². The van der Waals surface area contributed by atoms with Crippen molar-refractivity contribution in [2.24, 2.45) is 0 Å². The van der Waals surface area contributed by atoms with Crippen LogP contribution >= 0.6 is 0 Å². The molecule has 26 heavy (non-hydrogen) atoms. The van der Waals surface area contributed by atoms with Crippen molar-refractivity contribution in [1.29, 1.82) is 0 Å². The molecule has 1 atom stereocenters. The molecule has 132 valence electrons. The summed E-state index contributed by atoms with van der Waals surface area (Å²) in [6, 6.07) is 11.3. The minimum atomic E-state index is -0.454. The van der Waals surface area contributed by atoms with Crippen molar-refractivity contribution in [2.45, 2.75) is 12.6 Å². The average molecular weight is 351 g/mol. The fraction of sp³-hybridized carbons (Fsp3) is 0.211. The van der Waals surface area contributed by atoms with Gasteiger partial charge in [-0.1, -0.05) is 12.1 Å². The minimum absolute atomic E-state index is 0.0723. The maximum atomic E-state index is 13.3. The predicted octanol–water partition coefficient (Wildman–Crippen LogP) is 2.08. The van der Waals surface area contributed by atoms with Gasteiger partial charge in [-0.05, 0) is 35.9 Å². The molecule has 3 heterocycles. The second-order valence-electron chi connectivity index (χ2n) is 6.13. The topological polar surface area (TPSA) is 63.1 Å². The number of nitrogens with one attached hydrogen (secondary N) is 1. The summed E-state index contributed by atoms with van der Waals surface area (Å²) in [5, 5.41) is 2.90. The highest BCUT2D eigenvalue weighted by Gasteiger charge is 2.31. The molecular weight excluding hydrogens is 333 g/mol. The fourth-order valence-electron chi connectivity index (χ4n) is 3.26. The number of piperazine rings is 1. The number of benzene rings is 1. The number of rotatable bonds is 4. The second-order valence-corrected chi connectivity index (χ2v) is 6.13. The zero-order chi connectivity index (χ0) is 17.9. The largest absolute Gasteiger partial charge is 0.353 e. The molecule has 1 saturated heterocycles. The third-order valence-electron chi connectivity index (χ3n) is 4.46. The monoisotopic (exact) mass is 351 g/mol. The zero-order valence-electron chi connectivity index (χ0n) is 14.0. The van der Waals surface area contributed by atoms with Crippen molar-refractivity contribution >= 4 is 5.91 Å². The van der Waals surface area contributed by atoms with Crippen LogP contribution < -0.4 is 5.32 Å². The van der Waals surface area contributed by atoms with Gasteiger partial charge in [0.25, 0.3) is 0 Å². The maximum absolute atomic E-state index is 13.3. The molecule has 1 aromatic carbocycles. The highest BCUT2D eigenvalue weighted by Crippen LogP contribution is 2.26. The van der Waals surface area contributed by atoms with Gasteiger partial charge in [-0.15, -0.1) is 0 Å². The molecule has 3 aromatic rings. The van der Waals surface area contributed by atoms with Crippen LogP contribution in [0.2, 0.25) is 0 Å². The molecule has 1 N–H and O–H groups in total. The Balaban J connectivity index is 1.63. The van der Waals surface area contributed by atoms with Crippen LogP contribution in [0.15, 0.2) is 61.1 Å². The lowest BCUT2D eigenvalue weighted by atomic mass is 10.0. The van der Waals surface area contributed by atoms with Crippen LogP contribution in [0.4, 0.5) is 4.39 Å². The number of halogens is 1. The first-order valence-corrected chi connectivity index (χ1v) is 8.43. The third kappa shape index (κ3) is 3.21. The van der Waals surface area contributed by atoms with E-state index >= 15 is 0 Å². The van der Waals surface area contributed by atoms with Gasteiger partial charge in [-0.3, -0.25) is 14.3 Å². The Morgan fingerprint density at radius 3 is 2.65 bits per heavy atom. The number of amides is 1. The van der Waals surface area contributed by atoms with Gasteiger partial charge in [0.05, 0.1) is 0 Å². The summed E-state index contributed by atoms with van der Waals surface area (Å²) >= 11 is 0. The van der Waals surface area contributed by atoms with Crippen LogP contribution in [-0.2, 0) is 11.3 Å². The Kier molecular flexibility index (Phi) is 4.45. The molecule has 1 fully saturated rings. The number of nitrogens with zero attached hydrogens (tertiary/aromatic N) is 4. The molecular formula is C19H18FN5O. The summed E-state index contributed by atoms with van der Waals surface area (Å²) in [5.74, 6) is 0.204. The summed E-state index contributed by atoms with van der Waals surface area (Å²) in [6.07, 6.45) is 5.30. The molecule has 0 saturated carbocycles. The van der Waals surface area contributed by atoms with Crippen molar-refractivity contribution in [2.75, 3.05) is 13.1 Å². The van der Waals surface area contributed by atoms with Crippen LogP contribution in [-0.4, -0.2) is 38.4 Å². The molecule has 1 aliphatic heterocycles. The molecule has 7 heteroatoms.